The number of aromatic nitrogens is 1. The molecule has 0 spiro atoms. The number of rotatable bonds is 2. The average Bonchev–Trinajstić information content (AvgIpc) is 2.48. The molecule has 2 N–H and O–H groups in total. The first-order valence-corrected chi connectivity index (χ1v) is 6.05. The summed E-state index contributed by atoms with van der Waals surface area (Å²) < 4.78 is 0. The van der Waals surface area contributed by atoms with Crippen LogP contribution in [0.25, 0.3) is 22.0 Å². The molecule has 1 heterocycles. The van der Waals surface area contributed by atoms with Crippen molar-refractivity contribution in [2.45, 2.75) is 0 Å². The molecular formula is C15H11N3O2. The van der Waals surface area contributed by atoms with Gasteiger partial charge in [-0.05, 0) is 23.3 Å². The van der Waals surface area contributed by atoms with Crippen molar-refractivity contribution in [1.82, 2.24) is 4.98 Å². The summed E-state index contributed by atoms with van der Waals surface area (Å²) in [6.45, 7) is 0. The second kappa shape index (κ2) is 4.62. The van der Waals surface area contributed by atoms with E-state index in [0.29, 0.717) is 10.9 Å². The summed E-state index contributed by atoms with van der Waals surface area (Å²) in [6, 6.07) is 15.4. The topological polar surface area (TPSA) is 82.0 Å². The van der Waals surface area contributed by atoms with Crippen molar-refractivity contribution in [3.05, 3.63) is 64.8 Å². The first kappa shape index (κ1) is 12.1. The van der Waals surface area contributed by atoms with Gasteiger partial charge in [-0.25, -0.2) is 4.98 Å². The van der Waals surface area contributed by atoms with Crippen molar-refractivity contribution in [3.8, 4) is 11.1 Å². The van der Waals surface area contributed by atoms with E-state index in [1.54, 1.807) is 6.07 Å². The second-order valence-corrected chi connectivity index (χ2v) is 4.41. The Morgan fingerprint density at radius 3 is 2.50 bits per heavy atom. The number of nitrogen functional groups attached to an aromatic ring is 1. The molecule has 98 valence electrons. The fourth-order valence-electron chi connectivity index (χ4n) is 2.16. The van der Waals surface area contributed by atoms with Gasteiger partial charge < -0.3 is 5.73 Å². The summed E-state index contributed by atoms with van der Waals surface area (Å²) in [5, 5.41) is 11.4. The van der Waals surface area contributed by atoms with Gasteiger partial charge in [0, 0.05) is 5.39 Å². The van der Waals surface area contributed by atoms with Crippen molar-refractivity contribution in [2.24, 2.45) is 0 Å². The fraction of sp³-hybridized carbons (Fsp3) is 0. The molecule has 0 atom stereocenters. The van der Waals surface area contributed by atoms with Gasteiger partial charge in [0.2, 0.25) is 0 Å². The molecule has 0 amide bonds. The molecule has 2 aromatic carbocycles. The summed E-state index contributed by atoms with van der Waals surface area (Å²) in [5.74, 6) is 0. The van der Waals surface area contributed by atoms with Gasteiger partial charge in [-0.15, -0.1) is 0 Å². The Morgan fingerprint density at radius 1 is 1.05 bits per heavy atom. The summed E-state index contributed by atoms with van der Waals surface area (Å²) >= 11 is 0. The number of nitro groups is 1. The third-order valence-electron chi connectivity index (χ3n) is 3.19. The Bertz CT molecular complexity index is 801. The zero-order valence-corrected chi connectivity index (χ0v) is 10.5. The van der Waals surface area contributed by atoms with Crippen LogP contribution in [-0.2, 0) is 0 Å². The van der Waals surface area contributed by atoms with Gasteiger partial charge in [0.25, 0.3) is 0 Å². The lowest BCUT2D eigenvalue weighted by atomic mass is 10.0. The highest BCUT2D eigenvalue weighted by molar-refractivity contribution is 5.96. The molecule has 3 rings (SSSR count). The first-order chi connectivity index (χ1) is 9.66. The largest absolute Gasteiger partial charge is 0.393 e. The molecule has 0 aliphatic rings. The second-order valence-electron chi connectivity index (χ2n) is 4.41. The fourth-order valence-corrected chi connectivity index (χ4v) is 2.16. The van der Waals surface area contributed by atoms with Crippen LogP contribution in [0.1, 0.15) is 0 Å². The third kappa shape index (κ3) is 1.95. The molecule has 0 bridgehead atoms. The van der Waals surface area contributed by atoms with E-state index in [-0.39, 0.29) is 11.4 Å². The van der Waals surface area contributed by atoms with E-state index in [4.69, 9.17) is 5.73 Å². The van der Waals surface area contributed by atoms with Gasteiger partial charge in [0.1, 0.15) is 11.9 Å². The minimum atomic E-state index is -0.521. The summed E-state index contributed by atoms with van der Waals surface area (Å²) in [7, 11) is 0. The molecular weight excluding hydrogens is 254 g/mol. The van der Waals surface area contributed by atoms with Gasteiger partial charge in [-0.3, -0.25) is 10.1 Å². The first-order valence-electron chi connectivity index (χ1n) is 6.05. The average molecular weight is 265 g/mol. The molecule has 0 saturated heterocycles. The van der Waals surface area contributed by atoms with E-state index in [1.165, 1.54) is 6.20 Å². The van der Waals surface area contributed by atoms with Crippen LogP contribution >= 0.6 is 0 Å². The maximum Gasteiger partial charge on any atom is 0.310 e. The van der Waals surface area contributed by atoms with Crippen molar-refractivity contribution in [1.29, 1.82) is 0 Å². The smallest absolute Gasteiger partial charge is 0.310 e. The van der Waals surface area contributed by atoms with Gasteiger partial charge in [0.15, 0.2) is 0 Å². The van der Waals surface area contributed by atoms with E-state index >= 15 is 0 Å². The van der Waals surface area contributed by atoms with Crippen LogP contribution in [0.4, 0.5) is 11.4 Å². The molecule has 20 heavy (non-hydrogen) atoms. The van der Waals surface area contributed by atoms with Gasteiger partial charge >= 0.3 is 5.69 Å². The monoisotopic (exact) mass is 265 g/mol. The molecule has 1 aromatic heterocycles. The van der Waals surface area contributed by atoms with Crippen molar-refractivity contribution in [3.63, 3.8) is 0 Å². The standard InChI is InChI=1S/C15H11N3O2/c16-15-12-7-6-11(10-4-2-1-3-5-10)8-13(12)17-9-14(15)18(19)20/h1-9H,(H2,16,17). The van der Waals surface area contributed by atoms with E-state index in [1.807, 2.05) is 42.5 Å². The minimum Gasteiger partial charge on any atom is -0.393 e. The highest BCUT2D eigenvalue weighted by Gasteiger charge is 2.15. The molecule has 5 heteroatoms. The lowest BCUT2D eigenvalue weighted by Gasteiger charge is -2.05. The SMILES string of the molecule is Nc1c([N+](=O)[O-])cnc2cc(-c3ccccc3)ccc12. The van der Waals surface area contributed by atoms with Gasteiger partial charge in [0.05, 0.1) is 10.4 Å². The van der Waals surface area contributed by atoms with Crippen LogP contribution in [0.5, 0.6) is 0 Å². The predicted octanol–water partition coefficient (Wildman–Crippen LogP) is 3.39. The maximum absolute atomic E-state index is 10.8. The van der Waals surface area contributed by atoms with E-state index in [2.05, 4.69) is 4.98 Å². The molecule has 3 aromatic rings. The number of pyridine rings is 1. The molecule has 0 unspecified atom stereocenters. The lowest BCUT2D eigenvalue weighted by molar-refractivity contribution is -0.384. The Morgan fingerprint density at radius 2 is 1.80 bits per heavy atom. The highest BCUT2D eigenvalue weighted by atomic mass is 16.6. The van der Waals surface area contributed by atoms with Gasteiger partial charge in [-0.2, -0.15) is 0 Å². The number of nitrogens with two attached hydrogens (primary N) is 1. The lowest BCUT2D eigenvalue weighted by Crippen LogP contribution is -1.98. The van der Waals surface area contributed by atoms with Crippen LogP contribution in [0.2, 0.25) is 0 Å². The van der Waals surface area contributed by atoms with E-state index in [0.717, 1.165) is 11.1 Å². The van der Waals surface area contributed by atoms with Crippen LogP contribution in [0.15, 0.2) is 54.7 Å². The Balaban J connectivity index is 2.19. The summed E-state index contributed by atoms with van der Waals surface area (Å²) in [5.41, 5.74) is 8.53. The van der Waals surface area contributed by atoms with Crippen molar-refractivity contribution in [2.75, 3.05) is 5.73 Å². The molecule has 0 fully saturated rings. The van der Waals surface area contributed by atoms with Gasteiger partial charge in [-0.1, -0.05) is 36.4 Å². The summed E-state index contributed by atoms with van der Waals surface area (Å²) in [6.07, 6.45) is 1.20. The zero-order chi connectivity index (χ0) is 14.1. The van der Waals surface area contributed by atoms with Crippen LogP contribution < -0.4 is 5.73 Å². The number of fused-ring (bicyclic) bond motifs is 1. The number of hydrogen-bond donors (Lipinski definition) is 1. The molecule has 5 nitrogen and oxygen atoms in total. The summed E-state index contributed by atoms with van der Waals surface area (Å²) in [4.78, 5) is 14.4. The molecule has 0 aliphatic heterocycles. The molecule has 0 saturated carbocycles. The van der Waals surface area contributed by atoms with Crippen molar-refractivity contribution >= 4 is 22.3 Å². The number of benzene rings is 2. The third-order valence-corrected chi connectivity index (χ3v) is 3.19. The zero-order valence-electron chi connectivity index (χ0n) is 10.5. The van der Waals surface area contributed by atoms with E-state index < -0.39 is 4.92 Å². The van der Waals surface area contributed by atoms with Crippen LogP contribution in [-0.4, -0.2) is 9.91 Å². The molecule has 0 aliphatic carbocycles. The predicted molar refractivity (Wildman–Crippen MR) is 78.2 cm³/mol. The van der Waals surface area contributed by atoms with E-state index in [9.17, 15) is 10.1 Å². The normalized spacial score (nSPS) is 10.6. The number of nitrogens with zero attached hydrogens (tertiary/aromatic N) is 2. The Hall–Kier alpha value is -2.95. The quantitative estimate of drug-likeness (QED) is 0.568. The number of hydrogen-bond acceptors (Lipinski definition) is 4. The Kier molecular flexibility index (Phi) is 2.80. The number of anilines is 1. The highest BCUT2D eigenvalue weighted by Crippen LogP contribution is 2.31. The van der Waals surface area contributed by atoms with Crippen molar-refractivity contribution < 1.29 is 4.92 Å². The van der Waals surface area contributed by atoms with Crippen LogP contribution in [0, 0.1) is 10.1 Å². The maximum atomic E-state index is 10.8. The molecule has 0 radical (unpaired) electrons. The Labute approximate surface area is 114 Å². The minimum absolute atomic E-state index is 0.152. The van der Waals surface area contributed by atoms with Crippen LogP contribution in [0.3, 0.4) is 0 Å².